The number of halogens is 2. The first-order valence-electron chi connectivity index (χ1n) is 5.70. The molecule has 1 aromatic carbocycles. The highest BCUT2D eigenvalue weighted by Crippen LogP contribution is 2.30. The molecule has 0 aliphatic rings. The molecule has 3 rings (SSSR count). The minimum absolute atomic E-state index is 0.0199. The van der Waals surface area contributed by atoms with Crippen LogP contribution in [-0.2, 0) is 0 Å². The second-order valence-electron chi connectivity index (χ2n) is 4.28. The highest BCUT2D eigenvalue weighted by molar-refractivity contribution is 7.71. The molecule has 0 bridgehead atoms. The van der Waals surface area contributed by atoms with Crippen LogP contribution < -0.4 is 0 Å². The third kappa shape index (κ3) is 2.10. The summed E-state index contributed by atoms with van der Waals surface area (Å²) in [4.78, 5) is 3.13. The molecule has 1 N–H and O–H groups in total. The number of H-pyrrole nitrogens is 1. The van der Waals surface area contributed by atoms with Crippen LogP contribution in [0.25, 0.3) is 11.0 Å². The van der Waals surface area contributed by atoms with Crippen LogP contribution in [0.4, 0.5) is 0 Å². The fourth-order valence-corrected chi connectivity index (χ4v) is 2.85. The van der Waals surface area contributed by atoms with Gasteiger partial charge < -0.3 is 14.0 Å². The van der Waals surface area contributed by atoms with Crippen molar-refractivity contribution in [3.05, 3.63) is 51.1 Å². The van der Waals surface area contributed by atoms with E-state index in [1.807, 2.05) is 29.7 Å². The molecule has 0 aliphatic heterocycles. The van der Waals surface area contributed by atoms with Gasteiger partial charge in [0.2, 0.25) is 0 Å². The Morgan fingerprint density at radius 2 is 2.05 bits per heavy atom. The third-order valence-corrected chi connectivity index (χ3v) is 4.12. The van der Waals surface area contributed by atoms with Crippen LogP contribution in [0.2, 0.25) is 10.0 Å². The van der Waals surface area contributed by atoms with Gasteiger partial charge in [-0.1, -0.05) is 23.2 Å². The molecular weight excluding hydrogens is 303 g/mol. The maximum Gasteiger partial charge on any atom is 0.178 e. The van der Waals surface area contributed by atoms with Gasteiger partial charge in [-0.3, -0.25) is 0 Å². The van der Waals surface area contributed by atoms with Crippen molar-refractivity contribution in [2.24, 2.45) is 0 Å². The van der Waals surface area contributed by atoms with Gasteiger partial charge in [0.1, 0.15) is 5.76 Å². The third-order valence-electron chi connectivity index (χ3n) is 3.10. The molecule has 0 spiro atoms. The molecule has 6 heteroatoms. The molecule has 98 valence electrons. The van der Waals surface area contributed by atoms with E-state index < -0.39 is 0 Å². The van der Waals surface area contributed by atoms with Crippen molar-refractivity contribution in [2.75, 3.05) is 0 Å². The van der Waals surface area contributed by atoms with E-state index in [4.69, 9.17) is 39.8 Å². The van der Waals surface area contributed by atoms with Crippen molar-refractivity contribution in [3.63, 3.8) is 0 Å². The Morgan fingerprint density at radius 1 is 1.32 bits per heavy atom. The van der Waals surface area contributed by atoms with Crippen molar-refractivity contribution >= 4 is 46.5 Å². The van der Waals surface area contributed by atoms with Crippen LogP contribution in [0.3, 0.4) is 0 Å². The average molecular weight is 313 g/mol. The fourth-order valence-electron chi connectivity index (χ4n) is 2.16. The number of benzene rings is 1. The summed E-state index contributed by atoms with van der Waals surface area (Å²) in [7, 11) is 0. The highest BCUT2D eigenvalue weighted by atomic mass is 35.5. The summed E-state index contributed by atoms with van der Waals surface area (Å²) in [6.07, 6.45) is 1.65. The number of fused-ring (bicyclic) bond motifs is 1. The predicted molar refractivity (Wildman–Crippen MR) is 79.7 cm³/mol. The Balaban J connectivity index is 2.26. The molecule has 0 radical (unpaired) electrons. The molecule has 0 saturated carbocycles. The van der Waals surface area contributed by atoms with Gasteiger partial charge in [0, 0.05) is 0 Å². The first kappa shape index (κ1) is 12.8. The Kier molecular flexibility index (Phi) is 3.17. The lowest BCUT2D eigenvalue weighted by atomic mass is 10.2. The Labute approximate surface area is 124 Å². The number of hydrogen-bond acceptors (Lipinski definition) is 2. The van der Waals surface area contributed by atoms with Crippen molar-refractivity contribution in [1.29, 1.82) is 0 Å². The van der Waals surface area contributed by atoms with Crippen LogP contribution in [0.1, 0.15) is 18.7 Å². The zero-order valence-corrected chi connectivity index (χ0v) is 12.3. The SMILES string of the molecule is CC(c1ccco1)n1c(=S)[nH]c2cc(Cl)c(Cl)cc21. The zero-order chi connectivity index (χ0) is 13.6. The van der Waals surface area contributed by atoms with E-state index in [-0.39, 0.29) is 6.04 Å². The van der Waals surface area contributed by atoms with Crippen LogP contribution in [0.15, 0.2) is 34.9 Å². The highest BCUT2D eigenvalue weighted by Gasteiger charge is 2.16. The summed E-state index contributed by atoms with van der Waals surface area (Å²) in [5, 5.41) is 1.01. The normalized spacial score (nSPS) is 13.0. The van der Waals surface area contributed by atoms with E-state index in [0.717, 1.165) is 16.8 Å². The first-order valence-corrected chi connectivity index (χ1v) is 6.87. The lowest BCUT2D eigenvalue weighted by Gasteiger charge is -2.12. The lowest BCUT2D eigenvalue weighted by Crippen LogP contribution is -2.05. The second-order valence-corrected chi connectivity index (χ2v) is 5.48. The smallest absolute Gasteiger partial charge is 0.178 e. The minimum atomic E-state index is -0.0199. The van der Waals surface area contributed by atoms with E-state index in [1.54, 1.807) is 12.3 Å². The van der Waals surface area contributed by atoms with Crippen molar-refractivity contribution in [1.82, 2.24) is 9.55 Å². The van der Waals surface area contributed by atoms with Gasteiger partial charge in [0.15, 0.2) is 4.77 Å². The van der Waals surface area contributed by atoms with E-state index in [1.165, 1.54) is 0 Å². The van der Waals surface area contributed by atoms with Gasteiger partial charge in [-0.15, -0.1) is 0 Å². The van der Waals surface area contributed by atoms with E-state index >= 15 is 0 Å². The summed E-state index contributed by atoms with van der Waals surface area (Å²) >= 11 is 17.5. The molecule has 0 saturated heterocycles. The Morgan fingerprint density at radius 3 is 2.74 bits per heavy atom. The van der Waals surface area contributed by atoms with E-state index in [9.17, 15) is 0 Å². The summed E-state index contributed by atoms with van der Waals surface area (Å²) in [5.74, 6) is 0.836. The van der Waals surface area contributed by atoms with Crippen LogP contribution in [-0.4, -0.2) is 9.55 Å². The average Bonchev–Trinajstić information content (AvgIpc) is 2.97. The molecule has 1 unspecified atom stereocenters. The molecule has 0 aliphatic carbocycles. The molecule has 0 amide bonds. The zero-order valence-electron chi connectivity index (χ0n) is 9.98. The number of imidazole rings is 1. The molecule has 3 nitrogen and oxygen atoms in total. The summed E-state index contributed by atoms with van der Waals surface area (Å²) in [6, 6.07) is 7.34. The first-order chi connectivity index (χ1) is 9.08. The van der Waals surface area contributed by atoms with Gasteiger partial charge in [0.05, 0.1) is 33.4 Å². The van der Waals surface area contributed by atoms with Gasteiger partial charge in [0.25, 0.3) is 0 Å². The van der Waals surface area contributed by atoms with E-state index in [0.29, 0.717) is 14.8 Å². The molecule has 19 heavy (non-hydrogen) atoms. The summed E-state index contributed by atoms with van der Waals surface area (Å²) in [6.45, 7) is 2.02. The summed E-state index contributed by atoms with van der Waals surface area (Å²) < 4.78 is 8.01. The number of aromatic nitrogens is 2. The molecule has 3 aromatic rings. The Bertz CT molecular complexity index is 789. The van der Waals surface area contributed by atoms with Crippen LogP contribution in [0, 0.1) is 4.77 Å². The molecule has 1 atom stereocenters. The van der Waals surface area contributed by atoms with E-state index in [2.05, 4.69) is 4.98 Å². The number of furan rings is 1. The number of nitrogens with one attached hydrogen (secondary N) is 1. The minimum Gasteiger partial charge on any atom is -0.467 e. The standard InChI is InChI=1S/C13H10Cl2N2OS/c1-7(12-3-2-4-18-12)17-11-6-9(15)8(14)5-10(11)16-13(17)19/h2-7H,1H3,(H,16,19). The lowest BCUT2D eigenvalue weighted by molar-refractivity contribution is 0.449. The quantitative estimate of drug-likeness (QED) is 0.659. The van der Waals surface area contributed by atoms with Crippen LogP contribution in [0.5, 0.6) is 0 Å². The number of hydrogen-bond donors (Lipinski definition) is 1. The van der Waals surface area contributed by atoms with Crippen molar-refractivity contribution < 1.29 is 4.42 Å². The van der Waals surface area contributed by atoms with Crippen molar-refractivity contribution in [2.45, 2.75) is 13.0 Å². The maximum atomic E-state index is 6.08. The molecule has 2 aromatic heterocycles. The number of aromatic amines is 1. The van der Waals surface area contributed by atoms with Gasteiger partial charge in [-0.05, 0) is 43.4 Å². The predicted octanol–water partition coefficient (Wildman–Crippen LogP) is 5.21. The maximum absolute atomic E-state index is 6.08. The topological polar surface area (TPSA) is 33.9 Å². The number of rotatable bonds is 2. The number of nitrogens with zero attached hydrogens (tertiary/aromatic N) is 1. The molecular formula is C13H10Cl2N2OS. The second kappa shape index (κ2) is 4.71. The van der Waals surface area contributed by atoms with Gasteiger partial charge in [-0.25, -0.2) is 0 Å². The largest absolute Gasteiger partial charge is 0.467 e. The van der Waals surface area contributed by atoms with Crippen LogP contribution >= 0.6 is 35.4 Å². The van der Waals surface area contributed by atoms with Gasteiger partial charge in [-0.2, -0.15) is 0 Å². The Hall–Kier alpha value is -1.23. The monoisotopic (exact) mass is 312 g/mol. The van der Waals surface area contributed by atoms with Crippen molar-refractivity contribution in [3.8, 4) is 0 Å². The summed E-state index contributed by atoms with van der Waals surface area (Å²) in [5.41, 5.74) is 1.76. The molecule has 0 fully saturated rings. The van der Waals surface area contributed by atoms with Gasteiger partial charge >= 0.3 is 0 Å². The fraction of sp³-hybridized carbons (Fsp3) is 0.154. The molecule has 2 heterocycles.